The number of rotatable bonds is 6. The second-order valence-corrected chi connectivity index (χ2v) is 7.12. The zero-order valence-electron chi connectivity index (χ0n) is 16.6. The van der Waals surface area contributed by atoms with E-state index in [4.69, 9.17) is 25.5 Å². The van der Waals surface area contributed by atoms with Crippen molar-refractivity contribution >= 4 is 34.2 Å². The molecule has 0 fully saturated rings. The number of halogens is 1. The van der Waals surface area contributed by atoms with Crippen molar-refractivity contribution in [1.29, 1.82) is 0 Å². The molecule has 0 aliphatic carbocycles. The standard InChI is InChI=1S/C24H18ClNO5/c1-29-21-5-3-2-4-18(21)20-13-31-22-12-17(10-11-19(22)24(20)28)30-14-23(27)26-16-8-6-15(25)7-9-16/h2-13H,14H2,1H3,(H,26,27). The first-order valence-corrected chi connectivity index (χ1v) is 9.80. The smallest absolute Gasteiger partial charge is 0.262 e. The van der Waals surface area contributed by atoms with E-state index in [1.165, 1.54) is 6.26 Å². The Labute approximate surface area is 183 Å². The van der Waals surface area contributed by atoms with Crippen molar-refractivity contribution in [3.63, 3.8) is 0 Å². The third-order valence-corrected chi connectivity index (χ3v) is 4.89. The van der Waals surface area contributed by atoms with Gasteiger partial charge in [-0.05, 0) is 42.5 Å². The Morgan fingerprint density at radius 2 is 1.81 bits per heavy atom. The van der Waals surface area contributed by atoms with Gasteiger partial charge in [-0.15, -0.1) is 0 Å². The minimum absolute atomic E-state index is 0.183. The van der Waals surface area contributed by atoms with Gasteiger partial charge in [0.2, 0.25) is 5.43 Å². The third-order valence-electron chi connectivity index (χ3n) is 4.64. The number of hydrogen-bond donors (Lipinski definition) is 1. The Morgan fingerprint density at radius 3 is 2.58 bits per heavy atom. The maximum Gasteiger partial charge on any atom is 0.262 e. The van der Waals surface area contributed by atoms with E-state index in [1.54, 1.807) is 61.7 Å². The van der Waals surface area contributed by atoms with Crippen LogP contribution in [0.2, 0.25) is 5.02 Å². The van der Waals surface area contributed by atoms with Crippen molar-refractivity contribution in [1.82, 2.24) is 0 Å². The van der Waals surface area contributed by atoms with Crippen LogP contribution in [0.25, 0.3) is 22.1 Å². The fourth-order valence-corrected chi connectivity index (χ4v) is 3.26. The highest BCUT2D eigenvalue weighted by molar-refractivity contribution is 6.30. The topological polar surface area (TPSA) is 77.8 Å². The van der Waals surface area contributed by atoms with Crippen molar-refractivity contribution in [3.05, 3.63) is 88.2 Å². The first-order valence-electron chi connectivity index (χ1n) is 9.42. The fourth-order valence-electron chi connectivity index (χ4n) is 3.13. The van der Waals surface area contributed by atoms with Gasteiger partial charge in [0.05, 0.1) is 18.1 Å². The van der Waals surface area contributed by atoms with Gasteiger partial charge < -0.3 is 19.2 Å². The Kier molecular flexibility index (Phi) is 5.91. The number of hydrogen-bond acceptors (Lipinski definition) is 5. The number of carbonyl (C=O) groups is 1. The van der Waals surface area contributed by atoms with E-state index in [0.717, 1.165) is 0 Å². The van der Waals surface area contributed by atoms with E-state index in [-0.39, 0.29) is 17.9 Å². The van der Waals surface area contributed by atoms with E-state index >= 15 is 0 Å². The van der Waals surface area contributed by atoms with Crippen LogP contribution in [-0.2, 0) is 4.79 Å². The van der Waals surface area contributed by atoms with Crippen LogP contribution >= 0.6 is 11.6 Å². The molecular formula is C24H18ClNO5. The molecule has 0 spiro atoms. The highest BCUT2D eigenvalue weighted by atomic mass is 35.5. The van der Waals surface area contributed by atoms with E-state index in [2.05, 4.69) is 5.32 Å². The molecule has 0 atom stereocenters. The molecule has 0 saturated carbocycles. The molecule has 4 rings (SSSR count). The molecule has 0 aliphatic heterocycles. The third kappa shape index (κ3) is 4.54. The highest BCUT2D eigenvalue weighted by Crippen LogP contribution is 2.29. The second kappa shape index (κ2) is 8.93. The lowest BCUT2D eigenvalue weighted by Crippen LogP contribution is -2.20. The maximum absolute atomic E-state index is 13.0. The van der Waals surface area contributed by atoms with E-state index in [9.17, 15) is 9.59 Å². The fraction of sp³-hybridized carbons (Fsp3) is 0.0833. The molecular weight excluding hydrogens is 418 g/mol. The number of amides is 1. The summed E-state index contributed by atoms with van der Waals surface area (Å²) < 4.78 is 16.6. The van der Waals surface area contributed by atoms with Crippen LogP contribution in [0.1, 0.15) is 0 Å². The Balaban J connectivity index is 1.51. The minimum Gasteiger partial charge on any atom is -0.496 e. The number of ether oxygens (including phenoxy) is 2. The molecule has 6 nitrogen and oxygen atoms in total. The highest BCUT2D eigenvalue weighted by Gasteiger charge is 2.14. The molecule has 0 bridgehead atoms. The summed E-state index contributed by atoms with van der Waals surface area (Å²) in [4.78, 5) is 25.1. The first-order chi connectivity index (χ1) is 15.0. The van der Waals surface area contributed by atoms with E-state index < -0.39 is 0 Å². The number of methoxy groups -OCH3 is 1. The molecule has 1 heterocycles. The lowest BCUT2D eigenvalue weighted by Gasteiger charge is -2.10. The van der Waals surface area contributed by atoms with Crippen molar-refractivity contribution in [2.75, 3.05) is 19.0 Å². The molecule has 7 heteroatoms. The van der Waals surface area contributed by atoms with Crippen LogP contribution in [0.3, 0.4) is 0 Å². The van der Waals surface area contributed by atoms with Gasteiger partial charge in [0, 0.05) is 22.3 Å². The number of benzene rings is 3. The molecule has 4 aromatic rings. The summed E-state index contributed by atoms with van der Waals surface area (Å²) in [7, 11) is 1.55. The zero-order chi connectivity index (χ0) is 21.8. The summed E-state index contributed by atoms with van der Waals surface area (Å²) in [5, 5.41) is 3.70. The molecule has 0 unspecified atom stereocenters. The number of carbonyl (C=O) groups excluding carboxylic acids is 1. The van der Waals surface area contributed by atoms with Gasteiger partial charge in [0.1, 0.15) is 23.3 Å². The quantitative estimate of drug-likeness (QED) is 0.453. The average molecular weight is 436 g/mol. The van der Waals surface area contributed by atoms with Gasteiger partial charge in [-0.3, -0.25) is 9.59 Å². The molecule has 31 heavy (non-hydrogen) atoms. The summed E-state index contributed by atoms with van der Waals surface area (Å²) in [6, 6.07) is 18.8. The molecule has 1 aromatic heterocycles. The largest absolute Gasteiger partial charge is 0.496 e. The van der Waals surface area contributed by atoms with Crippen LogP contribution in [-0.4, -0.2) is 19.6 Å². The molecule has 0 radical (unpaired) electrons. The molecule has 0 aliphatic rings. The first kappa shape index (κ1) is 20.5. The van der Waals surface area contributed by atoms with Crippen LogP contribution < -0.4 is 20.2 Å². The Bertz CT molecular complexity index is 1300. The normalized spacial score (nSPS) is 10.6. The van der Waals surface area contributed by atoms with Crippen LogP contribution in [0.5, 0.6) is 11.5 Å². The Hall–Kier alpha value is -3.77. The zero-order valence-corrected chi connectivity index (χ0v) is 17.3. The molecule has 1 amide bonds. The summed E-state index contributed by atoms with van der Waals surface area (Å²) in [6.07, 6.45) is 1.40. The monoisotopic (exact) mass is 435 g/mol. The summed E-state index contributed by atoms with van der Waals surface area (Å²) in [5.74, 6) is 0.670. The van der Waals surface area contributed by atoms with Gasteiger partial charge in [-0.25, -0.2) is 0 Å². The summed E-state index contributed by atoms with van der Waals surface area (Å²) >= 11 is 5.83. The number of para-hydroxylation sites is 1. The van der Waals surface area contributed by atoms with E-state index in [0.29, 0.717) is 44.3 Å². The van der Waals surface area contributed by atoms with Gasteiger partial charge in [-0.2, -0.15) is 0 Å². The predicted molar refractivity (Wildman–Crippen MR) is 120 cm³/mol. The maximum atomic E-state index is 13.0. The van der Waals surface area contributed by atoms with Crippen LogP contribution in [0.4, 0.5) is 5.69 Å². The van der Waals surface area contributed by atoms with Crippen molar-refractivity contribution in [2.24, 2.45) is 0 Å². The number of anilines is 1. The van der Waals surface area contributed by atoms with Gasteiger partial charge in [0.15, 0.2) is 6.61 Å². The van der Waals surface area contributed by atoms with Crippen LogP contribution in [0.15, 0.2) is 82.2 Å². The molecule has 0 saturated heterocycles. The van der Waals surface area contributed by atoms with Gasteiger partial charge >= 0.3 is 0 Å². The predicted octanol–water partition coefficient (Wildman–Crippen LogP) is 5.14. The summed E-state index contributed by atoms with van der Waals surface area (Å²) in [5.41, 5.74) is 1.85. The Morgan fingerprint density at radius 1 is 1.03 bits per heavy atom. The van der Waals surface area contributed by atoms with Crippen LogP contribution in [0, 0.1) is 0 Å². The van der Waals surface area contributed by atoms with Gasteiger partial charge in [-0.1, -0.05) is 29.8 Å². The SMILES string of the molecule is COc1ccccc1-c1coc2cc(OCC(=O)Nc3ccc(Cl)cc3)ccc2c1=O. The van der Waals surface area contributed by atoms with Gasteiger partial charge in [0.25, 0.3) is 5.91 Å². The molecule has 156 valence electrons. The minimum atomic E-state index is -0.324. The second-order valence-electron chi connectivity index (χ2n) is 6.68. The summed E-state index contributed by atoms with van der Waals surface area (Å²) in [6.45, 7) is -0.197. The van der Waals surface area contributed by atoms with E-state index in [1.807, 2.05) is 12.1 Å². The van der Waals surface area contributed by atoms with Crippen molar-refractivity contribution in [3.8, 4) is 22.6 Å². The lowest BCUT2D eigenvalue weighted by molar-refractivity contribution is -0.118. The number of fused-ring (bicyclic) bond motifs is 1. The lowest BCUT2D eigenvalue weighted by atomic mass is 10.0. The molecule has 1 N–H and O–H groups in total. The molecule has 3 aromatic carbocycles. The number of nitrogens with one attached hydrogen (secondary N) is 1. The van der Waals surface area contributed by atoms with Crippen molar-refractivity contribution < 1.29 is 18.7 Å². The van der Waals surface area contributed by atoms with Crippen molar-refractivity contribution in [2.45, 2.75) is 0 Å². The average Bonchev–Trinajstić information content (AvgIpc) is 2.79.